The second-order valence-electron chi connectivity index (χ2n) is 4.93. The van der Waals surface area contributed by atoms with Crippen molar-refractivity contribution in [1.29, 1.82) is 0 Å². The molecular weight excluding hydrogens is 270 g/mol. The minimum absolute atomic E-state index is 0.0125. The van der Waals surface area contributed by atoms with Crippen molar-refractivity contribution >= 4 is 5.69 Å². The molecule has 0 aliphatic carbocycles. The average Bonchev–Trinajstić information content (AvgIpc) is 2.48. The standard InChI is InChI=1S/C15H17N3O3/c1-17(10-12-4-3-7-16-9-12)11-15(19)13-5-2-6-14(8-13)18(20)21/h2-9,15,19H,10-11H2,1H3. The zero-order valence-corrected chi connectivity index (χ0v) is 11.7. The molecule has 6 nitrogen and oxygen atoms in total. The number of aliphatic hydroxyl groups is 1. The lowest BCUT2D eigenvalue weighted by molar-refractivity contribution is -0.385. The third-order valence-electron chi connectivity index (χ3n) is 3.13. The first-order valence-corrected chi connectivity index (χ1v) is 6.56. The highest BCUT2D eigenvalue weighted by Gasteiger charge is 2.14. The summed E-state index contributed by atoms with van der Waals surface area (Å²) in [6.07, 6.45) is 2.71. The quantitative estimate of drug-likeness (QED) is 0.650. The van der Waals surface area contributed by atoms with Gasteiger partial charge in [0.15, 0.2) is 0 Å². The van der Waals surface area contributed by atoms with Crippen molar-refractivity contribution < 1.29 is 10.0 Å². The van der Waals surface area contributed by atoms with Crippen LogP contribution in [-0.4, -0.2) is 33.5 Å². The molecule has 1 N–H and O–H groups in total. The molecular formula is C15H17N3O3. The maximum Gasteiger partial charge on any atom is 0.269 e. The Morgan fingerprint density at radius 1 is 1.38 bits per heavy atom. The molecule has 110 valence electrons. The molecule has 0 aliphatic heterocycles. The van der Waals surface area contributed by atoms with Crippen LogP contribution in [0.1, 0.15) is 17.2 Å². The lowest BCUT2D eigenvalue weighted by Gasteiger charge is -2.20. The van der Waals surface area contributed by atoms with Crippen LogP contribution < -0.4 is 0 Å². The molecule has 6 heteroatoms. The van der Waals surface area contributed by atoms with Gasteiger partial charge in [0.1, 0.15) is 0 Å². The van der Waals surface area contributed by atoms with Crippen LogP contribution in [0, 0.1) is 10.1 Å². The molecule has 0 fully saturated rings. The highest BCUT2D eigenvalue weighted by atomic mass is 16.6. The third kappa shape index (κ3) is 4.34. The fourth-order valence-corrected chi connectivity index (χ4v) is 2.11. The molecule has 0 saturated carbocycles. The van der Waals surface area contributed by atoms with Crippen LogP contribution in [0.5, 0.6) is 0 Å². The van der Waals surface area contributed by atoms with E-state index in [0.717, 1.165) is 5.56 Å². The number of pyridine rings is 1. The van der Waals surface area contributed by atoms with Gasteiger partial charge >= 0.3 is 0 Å². The van der Waals surface area contributed by atoms with Crippen LogP contribution >= 0.6 is 0 Å². The lowest BCUT2D eigenvalue weighted by Crippen LogP contribution is -2.24. The second kappa shape index (κ2) is 6.92. The predicted octanol–water partition coefficient (Wildman–Crippen LogP) is 2.16. The number of nitro benzene ring substituents is 1. The second-order valence-corrected chi connectivity index (χ2v) is 4.93. The van der Waals surface area contributed by atoms with E-state index in [-0.39, 0.29) is 5.69 Å². The van der Waals surface area contributed by atoms with Crippen molar-refractivity contribution in [3.05, 3.63) is 70.0 Å². The number of hydrogen-bond acceptors (Lipinski definition) is 5. The topological polar surface area (TPSA) is 79.5 Å². The van der Waals surface area contributed by atoms with Crippen LogP contribution in [0.3, 0.4) is 0 Å². The smallest absolute Gasteiger partial charge is 0.269 e. The van der Waals surface area contributed by atoms with Crippen LogP contribution in [0.4, 0.5) is 5.69 Å². The minimum Gasteiger partial charge on any atom is -0.387 e. The third-order valence-corrected chi connectivity index (χ3v) is 3.13. The Balaban J connectivity index is 1.99. The normalized spacial score (nSPS) is 12.3. The fourth-order valence-electron chi connectivity index (χ4n) is 2.11. The van der Waals surface area contributed by atoms with Gasteiger partial charge < -0.3 is 5.11 Å². The maximum absolute atomic E-state index is 10.7. The molecule has 1 aromatic carbocycles. The SMILES string of the molecule is CN(Cc1cccnc1)CC(O)c1cccc([N+](=O)[O-])c1. The highest BCUT2D eigenvalue weighted by Crippen LogP contribution is 2.20. The maximum atomic E-state index is 10.7. The lowest BCUT2D eigenvalue weighted by atomic mass is 10.1. The van der Waals surface area contributed by atoms with Crippen LogP contribution in [0.15, 0.2) is 48.8 Å². The van der Waals surface area contributed by atoms with E-state index < -0.39 is 11.0 Å². The van der Waals surface area contributed by atoms with E-state index in [2.05, 4.69) is 4.98 Å². The summed E-state index contributed by atoms with van der Waals surface area (Å²) >= 11 is 0. The van der Waals surface area contributed by atoms with E-state index in [1.54, 1.807) is 24.5 Å². The summed E-state index contributed by atoms with van der Waals surface area (Å²) in [7, 11) is 1.88. The Morgan fingerprint density at radius 2 is 2.19 bits per heavy atom. The molecule has 1 aromatic heterocycles. The molecule has 0 saturated heterocycles. The largest absolute Gasteiger partial charge is 0.387 e. The van der Waals surface area contributed by atoms with Crippen molar-refractivity contribution in [3.8, 4) is 0 Å². The Kier molecular flexibility index (Phi) is 4.97. The van der Waals surface area contributed by atoms with E-state index in [1.165, 1.54) is 12.1 Å². The monoisotopic (exact) mass is 287 g/mol. The van der Waals surface area contributed by atoms with Gasteiger partial charge in [-0.05, 0) is 24.2 Å². The number of aromatic nitrogens is 1. The predicted molar refractivity (Wildman–Crippen MR) is 78.6 cm³/mol. The minimum atomic E-state index is -0.772. The number of benzene rings is 1. The van der Waals surface area contributed by atoms with Gasteiger partial charge in [-0.25, -0.2) is 0 Å². The first kappa shape index (κ1) is 15.1. The van der Waals surface area contributed by atoms with Gasteiger partial charge in [0, 0.05) is 37.6 Å². The first-order chi connectivity index (χ1) is 10.1. The van der Waals surface area contributed by atoms with E-state index in [0.29, 0.717) is 18.7 Å². The zero-order valence-electron chi connectivity index (χ0n) is 11.7. The summed E-state index contributed by atoms with van der Waals surface area (Å²) in [6, 6.07) is 9.91. The average molecular weight is 287 g/mol. The molecule has 2 rings (SSSR count). The molecule has 1 heterocycles. The van der Waals surface area contributed by atoms with Crippen molar-refractivity contribution in [2.24, 2.45) is 0 Å². The van der Waals surface area contributed by atoms with Crippen LogP contribution in [0.2, 0.25) is 0 Å². The summed E-state index contributed by atoms with van der Waals surface area (Å²) in [6.45, 7) is 1.04. The molecule has 0 spiro atoms. The highest BCUT2D eigenvalue weighted by molar-refractivity contribution is 5.35. The van der Waals surface area contributed by atoms with Crippen molar-refractivity contribution in [2.45, 2.75) is 12.6 Å². The number of likely N-dealkylation sites (N-methyl/N-ethyl adjacent to an activating group) is 1. The zero-order chi connectivity index (χ0) is 15.2. The number of nitro groups is 1. The molecule has 0 bridgehead atoms. The van der Waals surface area contributed by atoms with Gasteiger partial charge in [0.25, 0.3) is 5.69 Å². The van der Waals surface area contributed by atoms with Crippen molar-refractivity contribution in [3.63, 3.8) is 0 Å². The molecule has 0 radical (unpaired) electrons. The summed E-state index contributed by atoms with van der Waals surface area (Å²) in [4.78, 5) is 16.3. The molecule has 0 amide bonds. The summed E-state index contributed by atoms with van der Waals surface area (Å²) < 4.78 is 0. The Bertz CT molecular complexity index is 604. The Labute approximate surface area is 122 Å². The van der Waals surface area contributed by atoms with Gasteiger partial charge in [0.2, 0.25) is 0 Å². The molecule has 21 heavy (non-hydrogen) atoms. The van der Waals surface area contributed by atoms with E-state index in [1.807, 2.05) is 24.1 Å². The Morgan fingerprint density at radius 3 is 2.86 bits per heavy atom. The molecule has 1 atom stereocenters. The summed E-state index contributed by atoms with van der Waals surface area (Å²) in [5, 5.41) is 20.9. The van der Waals surface area contributed by atoms with Crippen LogP contribution in [-0.2, 0) is 6.54 Å². The molecule has 0 aliphatic rings. The van der Waals surface area contributed by atoms with Gasteiger partial charge in [0.05, 0.1) is 11.0 Å². The van der Waals surface area contributed by atoms with Gasteiger partial charge in [-0.1, -0.05) is 18.2 Å². The molecule has 2 aromatic rings. The fraction of sp³-hybridized carbons (Fsp3) is 0.267. The van der Waals surface area contributed by atoms with Gasteiger partial charge in [-0.15, -0.1) is 0 Å². The number of nitrogens with zero attached hydrogens (tertiary/aromatic N) is 3. The molecule has 1 unspecified atom stereocenters. The van der Waals surface area contributed by atoms with Gasteiger partial charge in [-0.2, -0.15) is 0 Å². The Hall–Kier alpha value is -2.31. The van der Waals surface area contributed by atoms with Crippen molar-refractivity contribution in [1.82, 2.24) is 9.88 Å². The summed E-state index contributed by atoms with van der Waals surface area (Å²) in [5.41, 5.74) is 1.58. The van der Waals surface area contributed by atoms with Gasteiger partial charge in [-0.3, -0.25) is 20.0 Å². The van der Waals surface area contributed by atoms with E-state index in [9.17, 15) is 15.2 Å². The van der Waals surface area contributed by atoms with E-state index in [4.69, 9.17) is 0 Å². The number of aliphatic hydroxyl groups excluding tert-OH is 1. The summed E-state index contributed by atoms with van der Waals surface area (Å²) in [5.74, 6) is 0. The number of non-ortho nitro benzene ring substituents is 1. The van der Waals surface area contributed by atoms with Crippen molar-refractivity contribution in [2.75, 3.05) is 13.6 Å². The van der Waals surface area contributed by atoms with E-state index >= 15 is 0 Å². The number of hydrogen-bond donors (Lipinski definition) is 1. The van der Waals surface area contributed by atoms with Crippen LogP contribution in [0.25, 0.3) is 0 Å². The first-order valence-electron chi connectivity index (χ1n) is 6.56. The number of rotatable bonds is 6.